The van der Waals surface area contributed by atoms with Crippen LogP contribution in [0, 0.1) is 0 Å². The molecule has 1 aromatic carbocycles. The zero-order valence-electron chi connectivity index (χ0n) is 9.36. The largest absolute Gasteiger partial charge is 0.481 e. The Morgan fingerprint density at radius 1 is 1.24 bits per heavy atom. The lowest BCUT2D eigenvalue weighted by Crippen LogP contribution is -2.19. The van der Waals surface area contributed by atoms with Gasteiger partial charge in [0.1, 0.15) is 0 Å². The summed E-state index contributed by atoms with van der Waals surface area (Å²) < 4.78 is 0. The first-order valence-electron chi connectivity index (χ1n) is 5.39. The average Bonchev–Trinajstić information content (AvgIpc) is 2.26. The van der Waals surface area contributed by atoms with Crippen LogP contribution in [0.25, 0.3) is 6.08 Å². The van der Waals surface area contributed by atoms with Crippen molar-refractivity contribution in [2.75, 3.05) is 0 Å². The molecule has 3 N–H and O–H groups in total. The van der Waals surface area contributed by atoms with Gasteiger partial charge < -0.3 is 15.3 Å². The van der Waals surface area contributed by atoms with Crippen molar-refractivity contribution in [3.8, 4) is 0 Å². The minimum Gasteiger partial charge on any atom is -0.481 e. The Balaban J connectivity index is 2.41. The number of aliphatic carboxylic acids is 1. The average molecular weight is 236 g/mol. The number of carbonyl (C=O) groups is 1. The molecule has 0 amide bonds. The van der Waals surface area contributed by atoms with Crippen molar-refractivity contribution in [1.29, 1.82) is 0 Å². The second kappa shape index (κ2) is 6.83. The van der Waals surface area contributed by atoms with Gasteiger partial charge in [0.25, 0.3) is 0 Å². The molecule has 1 aromatic rings. The highest BCUT2D eigenvalue weighted by Crippen LogP contribution is 2.07. The van der Waals surface area contributed by atoms with E-state index in [1.807, 2.05) is 30.3 Å². The molecule has 4 heteroatoms. The van der Waals surface area contributed by atoms with Gasteiger partial charge in [0, 0.05) is 6.42 Å². The van der Waals surface area contributed by atoms with Crippen LogP contribution in [-0.4, -0.2) is 33.5 Å². The minimum atomic E-state index is -1.07. The molecule has 92 valence electrons. The topological polar surface area (TPSA) is 77.8 Å². The molecule has 4 nitrogen and oxygen atoms in total. The van der Waals surface area contributed by atoms with Crippen LogP contribution in [0.15, 0.2) is 36.4 Å². The Morgan fingerprint density at radius 2 is 1.88 bits per heavy atom. The van der Waals surface area contributed by atoms with Crippen LogP contribution in [0.5, 0.6) is 0 Å². The van der Waals surface area contributed by atoms with Crippen molar-refractivity contribution in [3.05, 3.63) is 42.0 Å². The molecule has 0 spiro atoms. The summed E-state index contributed by atoms with van der Waals surface area (Å²) in [7, 11) is 0. The van der Waals surface area contributed by atoms with E-state index >= 15 is 0 Å². The van der Waals surface area contributed by atoms with Gasteiger partial charge in [0.05, 0.1) is 18.6 Å². The first kappa shape index (κ1) is 13.4. The van der Waals surface area contributed by atoms with Gasteiger partial charge in [0.2, 0.25) is 0 Å². The summed E-state index contributed by atoms with van der Waals surface area (Å²) >= 11 is 0. The fraction of sp³-hybridized carbons (Fsp3) is 0.308. The van der Waals surface area contributed by atoms with Crippen LogP contribution in [0.1, 0.15) is 18.4 Å². The molecule has 17 heavy (non-hydrogen) atoms. The van der Waals surface area contributed by atoms with E-state index in [0.717, 1.165) is 5.56 Å². The quantitative estimate of drug-likeness (QED) is 0.695. The van der Waals surface area contributed by atoms with Crippen LogP contribution < -0.4 is 0 Å². The maximum absolute atomic E-state index is 10.3. The highest BCUT2D eigenvalue weighted by atomic mass is 16.4. The zero-order chi connectivity index (χ0) is 12.7. The molecule has 0 unspecified atom stereocenters. The third kappa shape index (κ3) is 5.85. The molecule has 0 aliphatic rings. The van der Waals surface area contributed by atoms with Crippen LogP contribution >= 0.6 is 0 Å². The molecule has 0 saturated carbocycles. The first-order chi connectivity index (χ1) is 8.08. The van der Waals surface area contributed by atoms with Crippen LogP contribution in [0.4, 0.5) is 0 Å². The summed E-state index contributed by atoms with van der Waals surface area (Å²) in [6.07, 6.45) is 1.08. The predicted molar refractivity (Wildman–Crippen MR) is 64.4 cm³/mol. The smallest absolute Gasteiger partial charge is 0.305 e. The molecular weight excluding hydrogens is 220 g/mol. The van der Waals surface area contributed by atoms with Crippen molar-refractivity contribution in [3.63, 3.8) is 0 Å². The van der Waals surface area contributed by atoms with E-state index in [9.17, 15) is 15.0 Å². The number of hydrogen-bond acceptors (Lipinski definition) is 3. The number of benzene rings is 1. The summed E-state index contributed by atoms with van der Waals surface area (Å²) in [6, 6.07) is 9.43. The monoisotopic (exact) mass is 236 g/mol. The molecular formula is C13H16O4. The van der Waals surface area contributed by atoms with Crippen LogP contribution in [-0.2, 0) is 4.79 Å². The summed E-state index contributed by atoms with van der Waals surface area (Å²) in [6.45, 7) is 0. The SMILES string of the molecule is O=C(O)C[C@H](O)C[C@H](O)C=Cc1ccccc1. The van der Waals surface area contributed by atoms with Gasteiger partial charge in [-0.15, -0.1) is 0 Å². The minimum absolute atomic E-state index is 0.0234. The number of aliphatic hydroxyl groups is 2. The first-order valence-corrected chi connectivity index (χ1v) is 5.39. The summed E-state index contributed by atoms with van der Waals surface area (Å²) in [4.78, 5) is 10.3. The van der Waals surface area contributed by atoms with E-state index in [2.05, 4.69) is 0 Å². The van der Waals surface area contributed by atoms with Crippen molar-refractivity contribution in [1.82, 2.24) is 0 Å². The number of carboxylic acids is 1. The van der Waals surface area contributed by atoms with Crippen molar-refractivity contribution in [2.45, 2.75) is 25.0 Å². The number of rotatable bonds is 6. The summed E-state index contributed by atoms with van der Waals surface area (Å²) in [5.74, 6) is -1.07. The van der Waals surface area contributed by atoms with Crippen LogP contribution in [0.3, 0.4) is 0 Å². The second-order valence-electron chi connectivity index (χ2n) is 3.82. The molecule has 0 saturated heterocycles. The predicted octanol–water partition coefficient (Wildman–Crippen LogP) is 1.29. The van der Waals surface area contributed by atoms with Gasteiger partial charge in [-0.05, 0) is 5.56 Å². The third-order valence-electron chi connectivity index (χ3n) is 2.23. The maximum atomic E-state index is 10.3. The Kier molecular flexibility index (Phi) is 5.39. The van der Waals surface area contributed by atoms with Gasteiger partial charge in [-0.3, -0.25) is 4.79 Å². The highest BCUT2D eigenvalue weighted by molar-refractivity contribution is 5.67. The lowest BCUT2D eigenvalue weighted by Gasteiger charge is -2.10. The molecule has 0 heterocycles. The number of aliphatic hydroxyl groups excluding tert-OH is 2. The molecule has 0 fully saturated rings. The summed E-state index contributed by atoms with van der Waals surface area (Å²) in [5, 5.41) is 27.3. The summed E-state index contributed by atoms with van der Waals surface area (Å²) in [5.41, 5.74) is 0.944. The maximum Gasteiger partial charge on any atom is 0.305 e. The second-order valence-corrected chi connectivity index (χ2v) is 3.82. The molecule has 0 aliphatic carbocycles. The normalized spacial score (nSPS) is 14.7. The van der Waals surface area contributed by atoms with E-state index in [4.69, 9.17) is 5.11 Å². The van der Waals surface area contributed by atoms with E-state index in [1.165, 1.54) is 0 Å². The van der Waals surface area contributed by atoms with E-state index in [1.54, 1.807) is 12.2 Å². The van der Waals surface area contributed by atoms with Gasteiger partial charge in [-0.25, -0.2) is 0 Å². The highest BCUT2D eigenvalue weighted by Gasteiger charge is 2.12. The van der Waals surface area contributed by atoms with Gasteiger partial charge >= 0.3 is 5.97 Å². The van der Waals surface area contributed by atoms with Crippen molar-refractivity contribution >= 4 is 12.0 Å². The lowest BCUT2D eigenvalue weighted by atomic mass is 10.1. The standard InChI is InChI=1S/C13H16O4/c14-11(8-12(15)9-13(16)17)7-6-10-4-2-1-3-5-10/h1-7,11-12,14-15H,8-9H2,(H,16,17)/t11-,12-/m1/s1. The van der Waals surface area contributed by atoms with Crippen molar-refractivity contribution < 1.29 is 20.1 Å². The third-order valence-corrected chi connectivity index (χ3v) is 2.23. The fourth-order valence-corrected chi connectivity index (χ4v) is 1.43. The Hall–Kier alpha value is -1.65. The van der Waals surface area contributed by atoms with E-state index < -0.39 is 18.2 Å². The molecule has 1 rings (SSSR count). The molecule has 2 atom stereocenters. The number of hydrogen-bond donors (Lipinski definition) is 3. The van der Waals surface area contributed by atoms with Gasteiger partial charge in [0.15, 0.2) is 0 Å². The molecule has 0 radical (unpaired) electrons. The molecule has 0 aliphatic heterocycles. The molecule has 0 aromatic heterocycles. The Bertz CT molecular complexity index is 372. The lowest BCUT2D eigenvalue weighted by molar-refractivity contribution is -0.139. The number of carboxylic acid groups (broad SMARTS) is 1. The van der Waals surface area contributed by atoms with Gasteiger partial charge in [-0.1, -0.05) is 42.5 Å². The molecule has 0 bridgehead atoms. The Morgan fingerprint density at radius 3 is 2.47 bits per heavy atom. The Labute approximate surface area is 99.8 Å². The van der Waals surface area contributed by atoms with Crippen LogP contribution in [0.2, 0.25) is 0 Å². The van der Waals surface area contributed by atoms with Gasteiger partial charge in [-0.2, -0.15) is 0 Å². The van der Waals surface area contributed by atoms with E-state index in [0.29, 0.717) is 0 Å². The fourth-order valence-electron chi connectivity index (χ4n) is 1.43. The van der Waals surface area contributed by atoms with E-state index in [-0.39, 0.29) is 12.8 Å². The zero-order valence-corrected chi connectivity index (χ0v) is 9.36. The van der Waals surface area contributed by atoms with Crippen molar-refractivity contribution in [2.24, 2.45) is 0 Å².